The minimum atomic E-state index is -0.0305. The molecule has 6 heteroatoms. The first-order valence-corrected chi connectivity index (χ1v) is 8.74. The molecule has 0 bridgehead atoms. The van der Waals surface area contributed by atoms with Gasteiger partial charge in [0.05, 0.1) is 14.2 Å². The lowest BCUT2D eigenvalue weighted by atomic mass is 9.97. The summed E-state index contributed by atoms with van der Waals surface area (Å²) >= 11 is 0. The molecule has 6 nitrogen and oxygen atoms in total. The molecule has 25 heavy (non-hydrogen) atoms. The maximum absolute atomic E-state index is 12.9. The topological polar surface area (TPSA) is 67.9 Å². The summed E-state index contributed by atoms with van der Waals surface area (Å²) in [4.78, 5) is 26.5. The molecule has 1 aliphatic heterocycles. The van der Waals surface area contributed by atoms with E-state index in [4.69, 9.17) is 9.47 Å². The van der Waals surface area contributed by atoms with E-state index in [1.807, 2.05) is 18.7 Å². The van der Waals surface area contributed by atoms with Crippen LogP contribution in [0.1, 0.15) is 37.0 Å². The zero-order valence-corrected chi connectivity index (χ0v) is 15.5. The highest BCUT2D eigenvalue weighted by Gasteiger charge is 2.25. The van der Waals surface area contributed by atoms with Gasteiger partial charge in [-0.05, 0) is 30.9 Å². The number of hydrogen-bond donors (Lipinski definition) is 1. The number of nitrogens with one attached hydrogen (secondary N) is 1. The predicted octanol–water partition coefficient (Wildman–Crippen LogP) is 2.33. The molecule has 2 amide bonds. The van der Waals surface area contributed by atoms with Gasteiger partial charge in [-0.2, -0.15) is 0 Å². The summed E-state index contributed by atoms with van der Waals surface area (Å²) in [5, 5.41) is 2.97. The minimum Gasteiger partial charge on any atom is -0.497 e. The highest BCUT2D eigenvalue weighted by atomic mass is 16.5. The summed E-state index contributed by atoms with van der Waals surface area (Å²) in [7, 11) is 3.13. The molecule has 1 fully saturated rings. The van der Waals surface area contributed by atoms with Gasteiger partial charge >= 0.3 is 0 Å². The molecule has 1 atom stereocenters. The molecule has 0 radical (unpaired) electrons. The number of ether oxygens (including phenoxy) is 2. The van der Waals surface area contributed by atoms with Crippen LogP contribution in [0, 0.1) is 11.8 Å². The number of carbonyl (C=O) groups excluding carboxylic acids is 2. The second-order valence-electron chi connectivity index (χ2n) is 6.76. The molecule has 1 aromatic rings. The third-order valence-corrected chi connectivity index (χ3v) is 4.49. The average molecular weight is 348 g/mol. The van der Waals surface area contributed by atoms with E-state index in [0.717, 1.165) is 19.4 Å². The largest absolute Gasteiger partial charge is 0.497 e. The lowest BCUT2D eigenvalue weighted by Gasteiger charge is -2.33. The van der Waals surface area contributed by atoms with Gasteiger partial charge in [0.25, 0.3) is 5.91 Å². The van der Waals surface area contributed by atoms with Crippen LogP contribution in [-0.2, 0) is 4.79 Å². The Kier molecular flexibility index (Phi) is 6.67. The summed E-state index contributed by atoms with van der Waals surface area (Å²) in [5.74, 6) is 1.48. The van der Waals surface area contributed by atoms with E-state index in [9.17, 15) is 9.59 Å². The molecule has 1 N–H and O–H groups in total. The van der Waals surface area contributed by atoms with Crippen molar-refractivity contribution in [1.82, 2.24) is 10.2 Å². The number of nitrogens with zero attached hydrogens (tertiary/aromatic N) is 1. The van der Waals surface area contributed by atoms with Crippen molar-refractivity contribution in [2.24, 2.45) is 11.8 Å². The van der Waals surface area contributed by atoms with Gasteiger partial charge in [-0.25, -0.2) is 0 Å². The number of methoxy groups -OCH3 is 2. The first kappa shape index (κ1) is 19.1. The van der Waals surface area contributed by atoms with Crippen LogP contribution in [-0.4, -0.2) is 50.6 Å². The van der Waals surface area contributed by atoms with Gasteiger partial charge in [-0.3, -0.25) is 9.59 Å². The molecular formula is C19H28N2O4. The lowest BCUT2D eigenvalue weighted by Crippen LogP contribution is -2.44. The third kappa shape index (κ3) is 5.11. The van der Waals surface area contributed by atoms with Crippen molar-refractivity contribution >= 4 is 11.8 Å². The van der Waals surface area contributed by atoms with Gasteiger partial charge < -0.3 is 19.7 Å². The van der Waals surface area contributed by atoms with Crippen molar-refractivity contribution in [1.29, 1.82) is 0 Å². The summed E-state index contributed by atoms with van der Waals surface area (Å²) < 4.78 is 10.5. The second kappa shape index (κ2) is 8.74. The van der Waals surface area contributed by atoms with Crippen LogP contribution < -0.4 is 14.8 Å². The standard InChI is InChI=1S/C19H28N2O4/c1-13(2)18(22)20-11-14-6-5-7-21(12-14)19(23)15-8-16(24-3)10-17(9-15)25-4/h8-10,13-14H,5-7,11-12H2,1-4H3,(H,20,22). The molecule has 1 aliphatic rings. The van der Waals surface area contributed by atoms with Gasteiger partial charge in [0.2, 0.25) is 5.91 Å². The Bertz CT molecular complexity index is 593. The van der Waals surface area contributed by atoms with Crippen LogP contribution in [0.15, 0.2) is 18.2 Å². The van der Waals surface area contributed by atoms with Crippen LogP contribution in [0.2, 0.25) is 0 Å². The summed E-state index contributed by atoms with van der Waals surface area (Å²) in [5.41, 5.74) is 0.558. The molecule has 1 aromatic carbocycles. The van der Waals surface area contributed by atoms with Gasteiger partial charge in [0.1, 0.15) is 11.5 Å². The maximum Gasteiger partial charge on any atom is 0.254 e. The van der Waals surface area contributed by atoms with Gasteiger partial charge in [0.15, 0.2) is 0 Å². The quantitative estimate of drug-likeness (QED) is 0.857. The van der Waals surface area contributed by atoms with Crippen molar-refractivity contribution in [3.8, 4) is 11.5 Å². The first-order chi connectivity index (χ1) is 11.9. The Labute approximate surface area is 149 Å². The van der Waals surface area contributed by atoms with Crippen LogP contribution >= 0.6 is 0 Å². The Balaban J connectivity index is 2.03. The highest BCUT2D eigenvalue weighted by molar-refractivity contribution is 5.95. The zero-order chi connectivity index (χ0) is 18.4. The monoisotopic (exact) mass is 348 g/mol. The number of benzene rings is 1. The average Bonchev–Trinajstić information content (AvgIpc) is 2.64. The molecule has 0 saturated carbocycles. The number of carbonyl (C=O) groups is 2. The van der Waals surface area contributed by atoms with Gasteiger partial charge in [-0.1, -0.05) is 13.8 Å². The fourth-order valence-electron chi connectivity index (χ4n) is 2.98. The van der Waals surface area contributed by atoms with Crippen LogP contribution in [0.5, 0.6) is 11.5 Å². The van der Waals surface area contributed by atoms with E-state index in [1.54, 1.807) is 32.4 Å². The van der Waals surface area contributed by atoms with Crippen molar-refractivity contribution in [2.45, 2.75) is 26.7 Å². The molecular weight excluding hydrogens is 320 g/mol. The SMILES string of the molecule is COc1cc(OC)cc(C(=O)N2CCCC(CNC(=O)C(C)C)C2)c1. The summed E-state index contributed by atoms with van der Waals surface area (Å²) in [6.07, 6.45) is 1.96. The molecule has 0 aliphatic carbocycles. The fourth-order valence-corrected chi connectivity index (χ4v) is 2.98. The summed E-state index contributed by atoms with van der Waals surface area (Å²) in [6.45, 7) is 5.75. The highest BCUT2D eigenvalue weighted by Crippen LogP contribution is 2.25. The number of hydrogen-bond acceptors (Lipinski definition) is 4. The Morgan fingerprint density at radius 3 is 2.40 bits per heavy atom. The van der Waals surface area contributed by atoms with E-state index >= 15 is 0 Å². The van der Waals surface area contributed by atoms with Gasteiger partial charge in [-0.15, -0.1) is 0 Å². The van der Waals surface area contributed by atoms with Crippen molar-refractivity contribution < 1.29 is 19.1 Å². The fraction of sp³-hybridized carbons (Fsp3) is 0.579. The predicted molar refractivity (Wildman–Crippen MR) is 96.0 cm³/mol. The number of amides is 2. The zero-order valence-electron chi connectivity index (χ0n) is 15.5. The van der Waals surface area contributed by atoms with E-state index in [1.165, 1.54) is 0 Å². The van der Waals surface area contributed by atoms with Crippen molar-refractivity contribution in [2.75, 3.05) is 33.9 Å². The number of piperidine rings is 1. The van der Waals surface area contributed by atoms with Crippen molar-refractivity contribution in [3.63, 3.8) is 0 Å². The first-order valence-electron chi connectivity index (χ1n) is 8.74. The molecule has 1 saturated heterocycles. The Morgan fingerprint density at radius 2 is 1.84 bits per heavy atom. The van der Waals surface area contributed by atoms with E-state index in [-0.39, 0.29) is 23.7 Å². The molecule has 1 heterocycles. The normalized spacial score (nSPS) is 17.3. The molecule has 2 rings (SSSR count). The third-order valence-electron chi connectivity index (χ3n) is 4.49. The van der Waals surface area contributed by atoms with Crippen LogP contribution in [0.4, 0.5) is 0 Å². The van der Waals surface area contributed by atoms with E-state index in [2.05, 4.69) is 5.32 Å². The Hall–Kier alpha value is -2.24. The van der Waals surface area contributed by atoms with Crippen LogP contribution in [0.25, 0.3) is 0 Å². The molecule has 0 spiro atoms. The van der Waals surface area contributed by atoms with E-state index in [0.29, 0.717) is 30.2 Å². The lowest BCUT2D eigenvalue weighted by molar-refractivity contribution is -0.124. The molecule has 138 valence electrons. The number of rotatable bonds is 6. The number of likely N-dealkylation sites (tertiary alicyclic amines) is 1. The minimum absolute atomic E-state index is 0.0226. The summed E-state index contributed by atoms with van der Waals surface area (Å²) in [6, 6.07) is 5.21. The van der Waals surface area contributed by atoms with Gasteiger partial charge in [0, 0.05) is 37.2 Å². The smallest absolute Gasteiger partial charge is 0.254 e. The maximum atomic E-state index is 12.9. The Morgan fingerprint density at radius 1 is 1.20 bits per heavy atom. The van der Waals surface area contributed by atoms with Crippen molar-refractivity contribution in [3.05, 3.63) is 23.8 Å². The van der Waals surface area contributed by atoms with Crippen LogP contribution in [0.3, 0.4) is 0 Å². The van der Waals surface area contributed by atoms with E-state index < -0.39 is 0 Å². The molecule has 0 aromatic heterocycles. The molecule has 1 unspecified atom stereocenters. The second-order valence-corrected chi connectivity index (χ2v) is 6.76.